The van der Waals surface area contributed by atoms with Crippen molar-refractivity contribution in [3.8, 4) is 5.75 Å². The summed E-state index contributed by atoms with van der Waals surface area (Å²) in [5, 5.41) is 15.7. The number of nitrogens with zero attached hydrogens (tertiary/aromatic N) is 2. The third-order valence-corrected chi connectivity index (χ3v) is 7.67. The first-order valence-electron chi connectivity index (χ1n) is 13.2. The average molecular weight is 570 g/mol. The molecule has 0 spiro atoms. The number of nitrogens with one attached hydrogen (secondary N) is 1. The van der Waals surface area contributed by atoms with Crippen molar-refractivity contribution in [2.45, 2.75) is 38.0 Å². The molecule has 5 nitrogen and oxygen atoms in total. The zero-order chi connectivity index (χ0) is 28.3. The fraction of sp³-hybridized carbons (Fsp3) is 0.323. The standard InChI is InChI=1S/C31H31ClF3N3O2/c1-21-16-29(26-7-3-5-9-28(26)36-21)37-24-17-23(31(33,34)35)18-25(19-24)40-15-14-38-12-10-30(39,11-13-38)20-22-6-2-4-8-27(22)32/h2-9,16-19,39H,10-15,20H2,1H3,(H,36,37). The van der Waals surface area contributed by atoms with Crippen molar-refractivity contribution in [3.05, 3.63) is 94.6 Å². The van der Waals surface area contributed by atoms with E-state index in [1.54, 1.807) is 6.07 Å². The predicted molar refractivity (Wildman–Crippen MR) is 152 cm³/mol. The van der Waals surface area contributed by atoms with Crippen LogP contribution in [-0.4, -0.2) is 46.8 Å². The number of pyridine rings is 1. The number of fused-ring (bicyclic) bond motifs is 1. The highest BCUT2D eigenvalue weighted by molar-refractivity contribution is 6.31. The lowest BCUT2D eigenvalue weighted by atomic mass is 9.85. The Morgan fingerprint density at radius 1 is 1.02 bits per heavy atom. The van der Waals surface area contributed by atoms with Crippen LogP contribution >= 0.6 is 11.6 Å². The summed E-state index contributed by atoms with van der Waals surface area (Å²) in [5.41, 5.74) is 1.77. The maximum Gasteiger partial charge on any atom is 0.416 e. The van der Waals surface area contributed by atoms with Crippen LogP contribution in [0.4, 0.5) is 24.5 Å². The molecule has 0 unspecified atom stereocenters. The quantitative estimate of drug-likeness (QED) is 0.231. The fourth-order valence-electron chi connectivity index (χ4n) is 5.14. The van der Waals surface area contributed by atoms with Crippen LogP contribution in [0.2, 0.25) is 5.02 Å². The van der Waals surface area contributed by atoms with E-state index in [1.807, 2.05) is 61.5 Å². The summed E-state index contributed by atoms with van der Waals surface area (Å²) in [6, 6.07) is 20.5. The molecular weight excluding hydrogens is 539 g/mol. The largest absolute Gasteiger partial charge is 0.492 e. The van der Waals surface area contributed by atoms with Gasteiger partial charge in [0.05, 0.1) is 16.7 Å². The van der Waals surface area contributed by atoms with E-state index in [0.717, 1.165) is 34.3 Å². The number of hydrogen-bond acceptors (Lipinski definition) is 5. The summed E-state index contributed by atoms with van der Waals surface area (Å²) in [7, 11) is 0. The van der Waals surface area contributed by atoms with Crippen LogP contribution in [0, 0.1) is 6.92 Å². The summed E-state index contributed by atoms with van der Waals surface area (Å²) >= 11 is 6.27. The van der Waals surface area contributed by atoms with Gasteiger partial charge in [-0.05, 0) is 55.7 Å². The minimum absolute atomic E-state index is 0.139. The zero-order valence-corrected chi connectivity index (χ0v) is 22.9. The van der Waals surface area contributed by atoms with Crippen LogP contribution in [0.5, 0.6) is 5.75 Å². The molecule has 210 valence electrons. The Labute approximate surface area is 236 Å². The van der Waals surface area contributed by atoms with Crippen molar-refractivity contribution in [2.24, 2.45) is 0 Å². The van der Waals surface area contributed by atoms with Crippen LogP contribution in [0.3, 0.4) is 0 Å². The van der Waals surface area contributed by atoms with Gasteiger partial charge in [0.25, 0.3) is 0 Å². The Hall–Kier alpha value is -3.33. The third kappa shape index (κ3) is 6.86. The molecule has 0 atom stereocenters. The molecule has 0 bridgehead atoms. The molecule has 9 heteroatoms. The Morgan fingerprint density at radius 2 is 1.75 bits per heavy atom. The molecule has 40 heavy (non-hydrogen) atoms. The van der Waals surface area contributed by atoms with E-state index in [-0.39, 0.29) is 18.0 Å². The maximum absolute atomic E-state index is 13.7. The summed E-state index contributed by atoms with van der Waals surface area (Å²) in [6.45, 7) is 3.93. The predicted octanol–water partition coefficient (Wildman–Crippen LogP) is 7.41. The first kappa shape index (κ1) is 28.2. The molecule has 1 fully saturated rings. The lowest BCUT2D eigenvalue weighted by Crippen LogP contribution is -2.46. The second-order valence-corrected chi connectivity index (χ2v) is 10.8. The van der Waals surface area contributed by atoms with Crippen LogP contribution in [0.25, 0.3) is 10.9 Å². The summed E-state index contributed by atoms with van der Waals surface area (Å²) < 4.78 is 47.0. The molecule has 4 aromatic rings. The first-order chi connectivity index (χ1) is 19.1. The monoisotopic (exact) mass is 569 g/mol. The van der Waals surface area contributed by atoms with Crippen LogP contribution in [0.15, 0.2) is 72.8 Å². The van der Waals surface area contributed by atoms with Crippen molar-refractivity contribution < 1.29 is 23.0 Å². The smallest absolute Gasteiger partial charge is 0.416 e. The normalized spacial score (nSPS) is 15.8. The number of ether oxygens (including phenoxy) is 1. The number of rotatable bonds is 8. The Balaban J connectivity index is 1.23. The Bertz CT molecular complexity index is 1490. The summed E-state index contributed by atoms with van der Waals surface area (Å²) in [5.74, 6) is 0.139. The maximum atomic E-state index is 13.7. The van der Waals surface area contributed by atoms with Gasteiger partial charge < -0.3 is 15.2 Å². The molecule has 2 heterocycles. The molecule has 0 saturated carbocycles. The second-order valence-electron chi connectivity index (χ2n) is 10.4. The molecule has 1 saturated heterocycles. The highest BCUT2D eigenvalue weighted by Gasteiger charge is 2.33. The number of aromatic nitrogens is 1. The van der Waals surface area contributed by atoms with Gasteiger partial charge in [0.1, 0.15) is 12.4 Å². The van der Waals surface area contributed by atoms with E-state index in [1.165, 1.54) is 0 Å². The van der Waals surface area contributed by atoms with Gasteiger partial charge in [0, 0.05) is 59.6 Å². The first-order valence-corrected chi connectivity index (χ1v) is 13.6. The van der Waals surface area contributed by atoms with E-state index in [9.17, 15) is 18.3 Å². The number of aliphatic hydroxyl groups is 1. The van der Waals surface area contributed by atoms with Gasteiger partial charge in [-0.25, -0.2) is 0 Å². The Kier molecular flexibility index (Phi) is 8.21. The van der Waals surface area contributed by atoms with E-state index >= 15 is 0 Å². The van der Waals surface area contributed by atoms with Crippen LogP contribution < -0.4 is 10.1 Å². The zero-order valence-electron chi connectivity index (χ0n) is 22.1. The summed E-state index contributed by atoms with van der Waals surface area (Å²) in [6.07, 6.45) is -2.88. The fourth-order valence-corrected chi connectivity index (χ4v) is 5.35. The van der Waals surface area contributed by atoms with Gasteiger partial charge in [-0.2, -0.15) is 13.2 Å². The van der Waals surface area contributed by atoms with Gasteiger partial charge in [-0.15, -0.1) is 0 Å². The minimum atomic E-state index is -4.52. The lowest BCUT2D eigenvalue weighted by molar-refractivity contribution is -0.137. The molecule has 1 aliphatic rings. The number of likely N-dealkylation sites (tertiary alicyclic amines) is 1. The third-order valence-electron chi connectivity index (χ3n) is 7.30. The number of alkyl halides is 3. The van der Waals surface area contributed by atoms with Gasteiger partial charge in [0.15, 0.2) is 0 Å². The molecule has 3 aromatic carbocycles. The Morgan fingerprint density at radius 3 is 2.50 bits per heavy atom. The molecule has 2 N–H and O–H groups in total. The molecule has 1 aromatic heterocycles. The second kappa shape index (κ2) is 11.6. The molecule has 0 aliphatic carbocycles. The summed E-state index contributed by atoms with van der Waals surface area (Å²) in [4.78, 5) is 6.65. The molecule has 0 amide bonds. The average Bonchev–Trinajstić information content (AvgIpc) is 2.91. The number of para-hydroxylation sites is 1. The van der Waals surface area contributed by atoms with Crippen molar-refractivity contribution in [1.82, 2.24) is 9.88 Å². The van der Waals surface area contributed by atoms with Crippen molar-refractivity contribution in [1.29, 1.82) is 0 Å². The SMILES string of the molecule is Cc1cc(Nc2cc(OCCN3CCC(O)(Cc4ccccc4Cl)CC3)cc(C(F)(F)F)c2)c2ccccc2n1. The molecule has 5 rings (SSSR count). The highest BCUT2D eigenvalue weighted by Crippen LogP contribution is 2.36. The van der Waals surface area contributed by atoms with Crippen LogP contribution in [-0.2, 0) is 12.6 Å². The van der Waals surface area contributed by atoms with Gasteiger partial charge >= 0.3 is 6.18 Å². The number of benzene rings is 3. The number of anilines is 2. The van der Waals surface area contributed by atoms with Crippen molar-refractivity contribution >= 4 is 33.9 Å². The topological polar surface area (TPSA) is 57.6 Å². The highest BCUT2D eigenvalue weighted by atomic mass is 35.5. The van der Waals surface area contributed by atoms with E-state index in [0.29, 0.717) is 49.6 Å². The lowest BCUT2D eigenvalue weighted by Gasteiger charge is -2.38. The van der Waals surface area contributed by atoms with Crippen molar-refractivity contribution in [2.75, 3.05) is 31.6 Å². The van der Waals surface area contributed by atoms with Crippen molar-refractivity contribution in [3.63, 3.8) is 0 Å². The number of piperidine rings is 1. The van der Waals surface area contributed by atoms with Gasteiger partial charge in [-0.3, -0.25) is 9.88 Å². The molecular formula is C31H31ClF3N3O2. The van der Waals surface area contributed by atoms with E-state index in [4.69, 9.17) is 16.3 Å². The molecule has 1 aliphatic heterocycles. The number of halogens is 4. The van der Waals surface area contributed by atoms with Gasteiger partial charge in [0.2, 0.25) is 0 Å². The van der Waals surface area contributed by atoms with Crippen LogP contribution in [0.1, 0.15) is 29.7 Å². The van der Waals surface area contributed by atoms with Gasteiger partial charge in [-0.1, -0.05) is 48.0 Å². The molecule has 0 radical (unpaired) electrons. The number of hydrogen-bond donors (Lipinski definition) is 2. The minimum Gasteiger partial charge on any atom is -0.492 e. The van der Waals surface area contributed by atoms with E-state index in [2.05, 4.69) is 15.2 Å². The number of aryl methyl sites for hydroxylation is 1. The van der Waals surface area contributed by atoms with E-state index < -0.39 is 17.3 Å².